The standard InChI is InChI=1S/C11H21NO5S/c1-11(2,8-10(14)15)7-9(13)12(3)5-6-18(4,16)17/h5-8H2,1-4H3,(H,14,15). The van der Waals surface area contributed by atoms with Crippen LogP contribution in [0.15, 0.2) is 0 Å². The van der Waals surface area contributed by atoms with E-state index in [-0.39, 0.29) is 31.0 Å². The zero-order valence-corrected chi connectivity index (χ0v) is 12.1. The average molecular weight is 279 g/mol. The van der Waals surface area contributed by atoms with Crippen molar-refractivity contribution in [1.82, 2.24) is 4.90 Å². The number of nitrogens with zero attached hydrogens (tertiary/aromatic N) is 1. The Kier molecular flexibility index (Phi) is 5.79. The summed E-state index contributed by atoms with van der Waals surface area (Å²) in [6, 6.07) is 0. The number of sulfone groups is 1. The summed E-state index contributed by atoms with van der Waals surface area (Å²) in [4.78, 5) is 23.7. The molecule has 0 aromatic carbocycles. The Bertz CT molecular complexity index is 413. The fourth-order valence-electron chi connectivity index (χ4n) is 1.44. The van der Waals surface area contributed by atoms with Gasteiger partial charge in [-0.15, -0.1) is 0 Å². The SMILES string of the molecule is CN(CCS(C)(=O)=O)C(=O)CC(C)(C)CC(=O)O. The second kappa shape index (κ2) is 6.17. The zero-order chi connectivity index (χ0) is 14.6. The Hall–Kier alpha value is -1.11. The van der Waals surface area contributed by atoms with E-state index >= 15 is 0 Å². The fraction of sp³-hybridized carbons (Fsp3) is 0.818. The molecule has 106 valence electrons. The number of aliphatic carboxylic acids is 1. The molecule has 7 heteroatoms. The smallest absolute Gasteiger partial charge is 0.303 e. The lowest BCUT2D eigenvalue weighted by molar-refractivity contribution is -0.140. The van der Waals surface area contributed by atoms with Gasteiger partial charge in [0.25, 0.3) is 0 Å². The highest BCUT2D eigenvalue weighted by Crippen LogP contribution is 2.25. The van der Waals surface area contributed by atoms with E-state index in [0.29, 0.717) is 0 Å². The summed E-state index contributed by atoms with van der Waals surface area (Å²) >= 11 is 0. The number of carbonyl (C=O) groups is 2. The van der Waals surface area contributed by atoms with E-state index in [1.165, 1.54) is 11.9 Å². The van der Waals surface area contributed by atoms with E-state index in [9.17, 15) is 18.0 Å². The van der Waals surface area contributed by atoms with Crippen molar-refractivity contribution in [2.75, 3.05) is 25.6 Å². The molecule has 0 bridgehead atoms. The molecule has 0 aliphatic rings. The van der Waals surface area contributed by atoms with Gasteiger partial charge in [-0.25, -0.2) is 8.42 Å². The van der Waals surface area contributed by atoms with Gasteiger partial charge in [0.2, 0.25) is 5.91 Å². The lowest BCUT2D eigenvalue weighted by Gasteiger charge is -2.25. The Morgan fingerprint density at radius 2 is 1.72 bits per heavy atom. The van der Waals surface area contributed by atoms with Crippen molar-refractivity contribution in [2.24, 2.45) is 5.41 Å². The highest BCUT2D eigenvalue weighted by Gasteiger charge is 2.26. The molecule has 1 amide bonds. The van der Waals surface area contributed by atoms with Crippen LogP contribution in [0.5, 0.6) is 0 Å². The molecule has 1 N–H and O–H groups in total. The van der Waals surface area contributed by atoms with Crippen molar-refractivity contribution >= 4 is 21.7 Å². The fourth-order valence-corrected chi connectivity index (χ4v) is 2.05. The maximum atomic E-state index is 11.8. The molecule has 0 unspecified atom stereocenters. The first-order valence-corrected chi connectivity index (χ1v) is 7.62. The third-order valence-corrected chi connectivity index (χ3v) is 3.41. The summed E-state index contributed by atoms with van der Waals surface area (Å²) in [5.74, 6) is -1.29. The number of rotatable bonds is 7. The number of carboxylic acids is 1. The lowest BCUT2D eigenvalue weighted by atomic mass is 9.85. The largest absolute Gasteiger partial charge is 0.481 e. The van der Waals surface area contributed by atoms with E-state index in [1.807, 2.05) is 0 Å². The minimum atomic E-state index is -3.10. The molecule has 0 rings (SSSR count). The average Bonchev–Trinajstić information content (AvgIpc) is 2.09. The summed E-state index contributed by atoms with van der Waals surface area (Å²) in [6.45, 7) is 3.52. The van der Waals surface area contributed by atoms with Crippen molar-refractivity contribution in [2.45, 2.75) is 26.7 Å². The molecule has 6 nitrogen and oxygen atoms in total. The summed E-state index contributed by atoms with van der Waals surface area (Å²) in [5, 5.41) is 8.71. The second-order valence-corrected chi connectivity index (χ2v) is 7.62. The summed E-state index contributed by atoms with van der Waals surface area (Å²) in [6.07, 6.45) is 1.10. The molecule has 0 aliphatic heterocycles. The van der Waals surface area contributed by atoms with Gasteiger partial charge in [-0.1, -0.05) is 13.8 Å². The Morgan fingerprint density at radius 3 is 2.11 bits per heavy atom. The highest BCUT2D eigenvalue weighted by molar-refractivity contribution is 7.90. The van der Waals surface area contributed by atoms with Crippen LogP contribution in [0.1, 0.15) is 26.7 Å². The van der Waals surface area contributed by atoms with Crippen LogP contribution >= 0.6 is 0 Å². The molecular formula is C11H21NO5S. The van der Waals surface area contributed by atoms with Crippen LogP contribution in [0.3, 0.4) is 0 Å². The zero-order valence-electron chi connectivity index (χ0n) is 11.3. The number of carbonyl (C=O) groups excluding carboxylic acids is 1. The van der Waals surface area contributed by atoms with Gasteiger partial charge >= 0.3 is 5.97 Å². The molecule has 0 radical (unpaired) electrons. The maximum absolute atomic E-state index is 11.8. The number of carboxylic acid groups (broad SMARTS) is 1. The second-order valence-electron chi connectivity index (χ2n) is 5.36. The van der Waals surface area contributed by atoms with Crippen molar-refractivity contribution in [3.63, 3.8) is 0 Å². The summed E-state index contributed by atoms with van der Waals surface area (Å²) in [5.41, 5.74) is -0.637. The van der Waals surface area contributed by atoms with Crippen LogP contribution in [-0.2, 0) is 19.4 Å². The topological polar surface area (TPSA) is 91.8 Å². The highest BCUT2D eigenvalue weighted by atomic mass is 32.2. The van der Waals surface area contributed by atoms with Gasteiger partial charge in [0, 0.05) is 26.3 Å². The Morgan fingerprint density at radius 1 is 1.22 bits per heavy atom. The molecule has 0 heterocycles. The lowest BCUT2D eigenvalue weighted by Crippen LogP contribution is -2.34. The summed E-state index contributed by atoms with van der Waals surface area (Å²) in [7, 11) is -1.59. The van der Waals surface area contributed by atoms with E-state index < -0.39 is 21.2 Å². The van der Waals surface area contributed by atoms with Crippen LogP contribution in [0.2, 0.25) is 0 Å². The first-order valence-electron chi connectivity index (χ1n) is 5.56. The molecule has 18 heavy (non-hydrogen) atoms. The molecule has 0 fully saturated rings. The number of hydrogen-bond donors (Lipinski definition) is 1. The van der Waals surface area contributed by atoms with Crippen molar-refractivity contribution in [3.8, 4) is 0 Å². The third kappa shape index (κ3) is 8.05. The molecule has 0 aliphatic carbocycles. The predicted molar refractivity (Wildman–Crippen MR) is 68.0 cm³/mol. The molecule has 0 atom stereocenters. The van der Waals surface area contributed by atoms with Crippen molar-refractivity contribution in [3.05, 3.63) is 0 Å². The van der Waals surface area contributed by atoms with E-state index in [2.05, 4.69) is 0 Å². The third-order valence-electron chi connectivity index (χ3n) is 2.48. The monoisotopic (exact) mass is 279 g/mol. The number of amides is 1. The first-order chi connectivity index (χ1) is 7.93. The van der Waals surface area contributed by atoms with Gasteiger partial charge in [-0.3, -0.25) is 9.59 Å². The van der Waals surface area contributed by atoms with Gasteiger partial charge in [0.05, 0.1) is 12.2 Å². The van der Waals surface area contributed by atoms with Crippen LogP contribution in [0, 0.1) is 5.41 Å². The van der Waals surface area contributed by atoms with Gasteiger partial charge in [0.1, 0.15) is 9.84 Å². The predicted octanol–water partition coefficient (Wildman–Crippen LogP) is 0.380. The van der Waals surface area contributed by atoms with E-state index in [4.69, 9.17) is 5.11 Å². The van der Waals surface area contributed by atoms with Crippen molar-refractivity contribution in [1.29, 1.82) is 0 Å². The minimum Gasteiger partial charge on any atom is -0.481 e. The Labute approximate surface area is 108 Å². The summed E-state index contributed by atoms with van der Waals surface area (Å²) < 4.78 is 21.9. The van der Waals surface area contributed by atoms with Crippen LogP contribution in [0.4, 0.5) is 0 Å². The minimum absolute atomic E-state index is 0.0829. The number of hydrogen-bond acceptors (Lipinski definition) is 4. The van der Waals surface area contributed by atoms with Crippen LogP contribution in [-0.4, -0.2) is 55.9 Å². The normalized spacial score (nSPS) is 12.2. The van der Waals surface area contributed by atoms with Gasteiger partial charge < -0.3 is 10.0 Å². The Balaban J connectivity index is 4.35. The van der Waals surface area contributed by atoms with E-state index in [1.54, 1.807) is 13.8 Å². The van der Waals surface area contributed by atoms with E-state index in [0.717, 1.165) is 6.26 Å². The van der Waals surface area contributed by atoms with Crippen LogP contribution < -0.4 is 0 Å². The maximum Gasteiger partial charge on any atom is 0.303 e. The molecule has 0 aromatic heterocycles. The van der Waals surface area contributed by atoms with Crippen LogP contribution in [0.25, 0.3) is 0 Å². The van der Waals surface area contributed by atoms with Crippen molar-refractivity contribution < 1.29 is 23.1 Å². The van der Waals surface area contributed by atoms with Gasteiger partial charge in [-0.2, -0.15) is 0 Å². The molecule has 0 saturated carbocycles. The molecular weight excluding hydrogens is 258 g/mol. The van der Waals surface area contributed by atoms with Gasteiger partial charge in [-0.05, 0) is 5.41 Å². The quantitative estimate of drug-likeness (QED) is 0.727. The molecule has 0 aromatic rings. The molecule has 0 saturated heterocycles. The molecule has 0 spiro atoms. The van der Waals surface area contributed by atoms with Gasteiger partial charge in [0.15, 0.2) is 0 Å². The first kappa shape index (κ1) is 16.9.